The van der Waals surface area contributed by atoms with Crippen molar-refractivity contribution >= 4 is 5.97 Å². The minimum atomic E-state index is -0.936. The number of rotatable bonds is 5. The number of carboxylic acid groups (broad SMARTS) is 1. The van der Waals surface area contributed by atoms with Gasteiger partial charge in [0.05, 0.1) is 19.7 Å². The van der Waals surface area contributed by atoms with Crippen LogP contribution >= 0.6 is 0 Å². The van der Waals surface area contributed by atoms with E-state index in [1.807, 2.05) is 0 Å². The summed E-state index contributed by atoms with van der Waals surface area (Å²) in [5.74, 6) is 1.37. The van der Waals surface area contributed by atoms with E-state index in [4.69, 9.17) is 16.6 Å². The van der Waals surface area contributed by atoms with Crippen molar-refractivity contribution < 1.29 is 15.0 Å². The van der Waals surface area contributed by atoms with E-state index in [1.165, 1.54) is 4.90 Å². The lowest BCUT2D eigenvalue weighted by molar-refractivity contribution is -0.138. The zero-order valence-electron chi connectivity index (χ0n) is 6.16. The van der Waals surface area contributed by atoms with Crippen LogP contribution in [0.1, 0.15) is 0 Å². The van der Waals surface area contributed by atoms with Gasteiger partial charge in [0, 0.05) is 6.54 Å². The fourth-order valence-corrected chi connectivity index (χ4v) is 0.676. The predicted octanol–water partition coefficient (Wildman–Crippen LogP) is -1.00. The maximum Gasteiger partial charge on any atom is 0.317 e. The Labute approximate surface area is 65.4 Å². The van der Waals surface area contributed by atoms with Gasteiger partial charge in [-0.05, 0) is 0 Å². The Kier molecular flexibility index (Phi) is 5.17. The molecule has 0 unspecified atom stereocenters. The third-order valence-corrected chi connectivity index (χ3v) is 1.09. The molecule has 0 radical (unpaired) electrons. The van der Waals surface area contributed by atoms with Crippen molar-refractivity contribution in [3.63, 3.8) is 0 Å². The summed E-state index contributed by atoms with van der Waals surface area (Å²) in [6.07, 6.45) is 4.97. The lowest BCUT2D eigenvalue weighted by atomic mass is 10.4. The quantitative estimate of drug-likeness (QED) is 0.502. The smallest absolute Gasteiger partial charge is 0.317 e. The summed E-state index contributed by atoms with van der Waals surface area (Å²) in [7, 11) is 0. The number of carbonyl (C=O) groups is 1. The molecule has 0 saturated carbocycles. The molecular formula is C7H11NO3. The summed E-state index contributed by atoms with van der Waals surface area (Å²) in [4.78, 5) is 11.6. The zero-order chi connectivity index (χ0) is 8.69. The Hall–Kier alpha value is -1.05. The van der Waals surface area contributed by atoms with Crippen molar-refractivity contribution in [2.45, 2.75) is 0 Å². The number of hydrogen-bond acceptors (Lipinski definition) is 3. The van der Waals surface area contributed by atoms with Crippen molar-refractivity contribution in [3.8, 4) is 12.3 Å². The number of aliphatic hydroxyl groups is 1. The van der Waals surface area contributed by atoms with Gasteiger partial charge in [0.15, 0.2) is 0 Å². The molecule has 0 aliphatic carbocycles. The predicted molar refractivity (Wildman–Crippen MR) is 40.0 cm³/mol. The maximum atomic E-state index is 10.2. The minimum Gasteiger partial charge on any atom is -0.480 e. The fourth-order valence-electron chi connectivity index (χ4n) is 0.676. The van der Waals surface area contributed by atoms with Crippen molar-refractivity contribution in [1.82, 2.24) is 4.90 Å². The van der Waals surface area contributed by atoms with Gasteiger partial charge in [-0.25, -0.2) is 0 Å². The van der Waals surface area contributed by atoms with Gasteiger partial charge in [0.25, 0.3) is 0 Å². The summed E-state index contributed by atoms with van der Waals surface area (Å²) >= 11 is 0. The molecule has 0 atom stereocenters. The molecule has 0 aromatic rings. The fraction of sp³-hybridized carbons (Fsp3) is 0.571. The van der Waals surface area contributed by atoms with E-state index in [9.17, 15) is 4.79 Å². The summed E-state index contributed by atoms with van der Waals surface area (Å²) in [6.45, 7) is 0.364. The molecule has 0 aromatic heterocycles. The molecule has 0 bridgehead atoms. The molecule has 4 heteroatoms. The number of aliphatic hydroxyl groups excluding tert-OH is 1. The van der Waals surface area contributed by atoms with Gasteiger partial charge >= 0.3 is 5.97 Å². The monoisotopic (exact) mass is 157 g/mol. The Balaban J connectivity index is 3.70. The third kappa shape index (κ3) is 5.40. The maximum absolute atomic E-state index is 10.2. The van der Waals surface area contributed by atoms with Crippen molar-refractivity contribution in [2.24, 2.45) is 0 Å². The summed E-state index contributed by atoms with van der Waals surface area (Å²) < 4.78 is 0. The van der Waals surface area contributed by atoms with Crippen LogP contribution in [0.15, 0.2) is 0 Å². The molecular weight excluding hydrogens is 146 g/mol. The Morgan fingerprint density at radius 2 is 2.27 bits per heavy atom. The highest BCUT2D eigenvalue weighted by molar-refractivity contribution is 5.69. The normalized spacial score (nSPS) is 9.55. The first-order valence-corrected chi connectivity index (χ1v) is 3.19. The molecule has 2 N–H and O–H groups in total. The van der Waals surface area contributed by atoms with Gasteiger partial charge in [-0.1, -0.05) is 5.92 Å². The summed E-state index contributed by atoms with van der Waals surface area (Å²) in [6, 6.07) is 0. The summed E-state index contributed by atoms with van der Waals surface area (Å²) in [5.41, 5.74) is 0. The van der Waals surface area contributed by atoms with E-state index in [-0.39, 0.29) is 19.7 Å². The highest BCUT2D eigenvalue weighted by atomic mass is 16.4. The standard InChI is InChI=1S/C7H11NO3/c1-2-3-8(4-5-9)6-7(10)11/h1,9H,3-6H2,(H,10,11). The molecule has 0 aliphatic rings. The molecule has 0 aliphatic heterocycles. The Bertz CT molecular complexity index is 162. The Morgan fingerprint density at radius 1 is 1.64 bits per heavy atom. The summed E-state index contributed by atoms with van der Waals surface area (Å²) in [5, 5.41) is 16.8. The highest BCUT2D eigenvalue weighted by Gasteiger charge is 2.06. The number of carboxylic acids is 1. The lowest BCUT2D eigenvalue weighted by Gasteiger charge is -2.14. The van der Waals surface area contributed by atoms with Crippen LogP contribution in [0.3, 0.4) is 0 Å². The van der Waals surface area contributed by atoms with Crippen molar-refractivity contribution in [3.05, 3.63) is 0 Å². The van der Waals surface area contributed by atoms with E-state index in [1.54, 1.807) is 0 Å². The Morgan fingerprint density at radius 3 is 2.64 bits per heavy atom. The van der Waals surface area contributed by atoms with E-state index in [0.29, 0.717) is 6.54 Å². The van der Waals surface area contributed by atoms with Crippen LogP contribution in [-0.4, -0.2) is 47.3 Å². The molecule has 11 heavy (non-hydrogen) atoms. The van der Waals surface area contributed by atoms with Gasteiger partial charge in [0.2, 0.25) is 0 Å². The van der Waals surface area contributed by atoms with Crippen LogP contribution in [0.2, 0.25) is 0 Å². The van der Waals surface area contributed by atoms with Crippen molar-refractivity contribution in [1.29, 1.82) is 0 Å². The number of nitrogens with zero attached hydrogens (tertiary/aromatic N) is 1. The third-order valence-electron chi connectivity index (χ3n) is 1.09. The first-order chi connectivity index (χ1) is 5.20. The molecule has 0 heterocycles. The number of terminal acetylenes is 1. The zero-order valence-corrected chi connectivity index (χ0v) is 6.16. The largest absolute Gasteiger partial charge is 0.480 e. The molecule has 0 aromatic carbocycles. The topological polar surface area (TPSA) is 60.8 Å². The van der Waals surface area contributed by atoms with Crippen LogP contribution in [0.25, 0.3) is 0 Å². The number of hydrogen-bond donors (Lipinski definition) is 2. The molecule has 4 nitrogen and oxygen atoms in total. The second-order valence-corrected chi connectivity index (χ2v) is 2.03. The SMILES string of the molecule is C#CCN(CCO)CC(=O)O. The highest BCUT2D eigenvalue weighted by Crippen LogP contribution is 1.85. The van der Waals surface area contributed by atoms with Gasteiger partial charge in [-0.2, -0.15) is 0 Å². The van der Waals surface area contributed by atoms with Crippen LogP contribution in [-0.2, 0) is 4.79 Å². The van der Waals surface area contributed by atoms with Crippen LogP contribution in [0.5, 0.6) is 0 Å². The molecule has 62 valence electrons. The van der Waals surface area contributed by atoms with E-state index < -0.39 is 5.97 Å². The van der Waals surface area contributed by atoms with Gasteiger partial charge < -0.3 is 10.2 Å². The van der Waals surface area contributed by atoms with Crippen molar-refractivity contribution in [2.75, 3.05) is 26.2 Å². The molecule has 0 spiro atoms. The number of aliphatic carboxylic acids is 1. The van der Waals surface area contributed by atoms with Crippen LogP contribution < -0.4 is 0 Å². The molecule has 0 rings (SSSR count). The van der Waals surface area contributed by atoms with Gasteiger partial charge in [-0.3, -0.25) is 9.69 Å². The minimum absolute atomic E-state index is 0.0744. The average molecular weight is 157 g/mol. The van der Waals surface area contributed by atoms with Gasteiger partial charge in [-0.15, -0.1) is 6.42 Å². The van der Waals surface area contributed by atoms with E-state index >= 15 is 0 Å². The average Bonchev–Trinajstić information content (AvgIpc) is 1.87. The van der Waals surface area contributed by atoms with Crippen LogP contribution in [0.4, 0.5) is 0 Å². The first kappa shape index (κ1) is 9.95. The van der Waals surface area contributed by atoms with E-state index in [0.717, 1.165) is 0 Å². The van der Waals surface area contributed by atoms with E-state index in [2.05, 4.69) is 5.92 Å². The first-order valence-electron chi connectivity index (χ1n) is 3.19. The van der Waals surface area contributed by atoms with Crippen LogP contribution in [0, 0.1) is 12.3 Å². The lowest BCUT2D eigenvalue weighted by Crippen LogP contribution is -2.32. The second-order valence-electron chi connectivity index (χ2n) is 2.03. The molecule has 0 saturated heterocycles. The van der Waals surface area contributed by atoms with Gasteiger partial charge in [0.1, 0.15) is 0 Å². The molecule has 0 fully saturated rings. The second kappa shape index (κ2) is 5.71. The molecule has 0 amide bonds.